The van der Waals surface area contributed by atoms with E-state index >= 15 is 0 Å². The molecule has 1 heterocycles. The second-order valence-corrected chi connectivity index (χ2v) is 7.49. The third-order valence-electron chi connectivity index (χ3n) is 5.33. The molecule has 2 amide bonds. The van der Waals surface area contributed by atoms with Gasteiger partial charge < -0.3 is 19.6 Å². The molecule has 28 heavy (non-hydrogen) atoms. The highest BCUT2D eigenvalue weighted by atomic mass is 16.5. The quantitative estimate of drug-likeness (QED) is 0.547. The van der Waals surface area contributed by atoms with Crippen LogP contribution in [0.1, 0.15) is 50.2 Å². The molecule has 0 aromatic heterocycles. The number of amides is 2. The summed E-state index contributed by atoms with van der Waals surface area (Å²) in [4.78, 5) is 40.1. The molecule has 1 aliphatic heterocycles. The van der Waals surface area contributed by atoms with E-state index < -0.39 is 12.0 Å². The summed E-state index contributed by atoms with van der Waals surface area (Å²) >= 11 is 0. The highest BCUT2D eigenvalue weighted by Crippen LogP contribution is 2.31. The van der Waals surface area contributed by atoms with Gasteiger partial charge in [0.05, 0.1) is 13.0 Å². The molecule has 1 saturated carbocycles. The summed E-state index contributed by atoms with van der Waals surface area (Å²) in [5.41, 5.74) is 1.94. The fourth-order valence-electron chi connectivity index (χ4n) is 3.54. The number of fused-ring (bicyclic) bond motifs is 1. The molecule has 0 bridgehead atoms. The molecule has 1 fully saturated rings. The summed E-state index contributed by atoms with van der Waals surface area (Å²) < 4.78 is 5.18. The van der Waals surface area contributed by atoms with E-state index in [2.05, 4.69) is 0 Å². The Morgan fingerprint density at radius 1 is 1.21 bits per heavy atom. The van der Waals surface area contributed by atoms with Gasteiger partial charge in [0.25, 0.3) is 0 Å². The van der Waals surface area contributed by atoms with Crippen LogP contribution in [0.15, 0.2) is 24.3 Å². The smallest absolute Gasteiger partial charge is 0.326 e. The molecule has 1 aromatic carbocycles. The zero-order valence-electron chi connectivity index (χ0n) is 16.3. The van der Waals surface area contributed by atoms with Crippen molar-refractivity contribution in [2.75, 3.05) is 13.2 Å². The van der Waals surface area contributed by atoms with E-state index in [1.54, 1.807) is 4.90 Å². The second-order valence-electron chi connectivity index (χ2n) is 7.49. The van der Waals surface area contributed by atoms with Gasteiger partial charge in [-0.3, -0.25) is 4.79 Å². The van der Waals surface area contributed by atoms with Gasteiger partial charge in [0.1, 0.15) is 6.04 Å². The molecule has 7 heteroatoms. The molecule has 0 radical (unpaired) electrons. The molecule has 0 spiro atoms. The predicted octanol–water partition coefficient (Wildman–Crippen LogP) is 2.82. The van der Waals surface area contributed by atoms with Gasteiger partial charge in [-0.2, -0.15) is 0 Å². The molecule has 2 aliphatic rings. The van der Waals surface area contributed by atoms with E-state index in [4.69, 9.17) is 4.74 Å². The van der Waals surface area contributed by atoms with Crippen molar-refractivity contribution in [3.8, 4) is 0 Å². The van der Waals surface area contributed by atoms with Gasteiger partial charge in [-0.1, -0.05) is 37.6 Å². The number of urea groups is 1. The van der Waals surface area contributed by atoms with Crippen LogP contribution >= 0.6 is 0 Å². The number of esters is 1. The van der Waals surface area contributed by atoms with Crippen molar-refractivity contribution in [3.63, 3.8) is 0 Å². The minimum absolute atomic E-state index is 0.0857. The largest absolute Gasteiger partial charge is 0.480 e. The molecule has 1 atom stereocenters. The van der Waals surface area contributed by atoms with Crippen molar-refractivity contribution in [2.24, 2.45) is 0 Å². The number of unbranched alkanes of at least 4 members (excludes halogenated alkanes) is 1. The first kappa shape index (κ1) is 20.2. The van der Waals surface area contributed by atoms with Crippen LogP contribution in [0.25, 0.3) is 0 Å². The lowest BCUT2D eigenvalue weighted by atomic mass is 9.94. The minimum atomic E-state index is -1.00. The van der Waals surface area contributed by atoms with E-state index in [1.807, 2.05) is 31.2 Å². The van der Waals surface area contributed by atoms with Gasteiger partial charge in [0.2, 0.25) is 0 Å². The van der Waals surface area contributed by atoms with Crippen LogP contribution in [-0.4, -0.2) is 58.1 Å². The Kier molecular flexibility index (Phi) is 6.54. The van der Waals surface area contributed by atoms with Crippen molar-refractivity contribution in [1.82, 2.24) is 9.80 Å². The Morgan fingerprint density at radius 2 is 1.93 bits per heavy atom. The maximum absolute atomic E-state index is 13.2. The van der Waals surface area contributed by atoms with Crippen LogP contribution in [0.3, 0.4) is 0 Å². The maximum Gasteiger partial charge on any atom is 0.326 e. The number of hydrogen-bond donors (Lipinski definition) is 1. The molecular formula is C21H28N2O5. The monoisotopic (exact) mass is 388 g/mol. The van der Waals surface area contributed by atoms with Gasteiger partial charge in [-0.25, -0.2) is 9.59 Å². The van der Waals surface area contributed by atoms with Gasteiger partial charge >= 0.3 is 18.0 Å². The summed E-state index contributed by atoms with van der Waals surface area (Å²) in [6.45, 7) is 2.96. The van der Waals surface area contributed by atoms with Crippen molar-refractivity contribution in [1.29, 1.82) is 0 Å². The zero-order valence-corrected chi connectivity index (χ0v) is 16.3. The SMILES string of the molecule is CCCCOC(=O)CCN(C(=O)N1Cc2ccccc2C[C@H]1C(=O)O)C1CC1. The predicted molar refractivity (Wildman–Crippen MR) is 103 cm³/mol. The van der Waals surface area contributed by atoms with Crippen molar-refractivity contribution in [2.45, 2.75) is 64.1 Å². The summed E-state index contributed by atoms with van der Waals surface area (Å²) in [7, 11) is 0. The fraction of sp³-hybridized carbons (Fsp3) is 0.571. The number of carboxylic acids is 1. The number of rotatable bonds is 8. The van der Waals surface area contributed by atoms with Crippen molar-refractivity contribution in [3.05, 3.63) is 35.4 Å². The first-order chi connectivity index (χ1) is 13.5. The highest BCUT2D eigenvalue weighted by Gasteiger charge is 2.41. The summed E-state index contributed by atoms with van der Waals surface area (Å²) in [6, 6.07) is 6.52. The normalized spacial score (nSPS) is 18.3. The Bertz CT molecular complexity index is 731. The van der Waals surface area contributed by atoms with E-state index in [1.165, 1.54) is 4.90 Å². The standard InChI is InChI=1S/C21H28N2O5/c1-2-3-12-28-19(24)10-11-22(17-8-9-17)21(27)23-14-16-7-5-4-6-15(16)13-18(23)20(25)26/h4-7,17-18H,2-3,8-14H2,1H3,(H,25,26)/t18-/m0/s1. The topological polar surface area (TPSA) is 87.2 Å². The number of nitrogens with zero attached hydrogens (tertiary/aromatic N) is 2. The molecule has 3 rings (SSSR count). The molecular weight excluding hydrogens is 360 g/mol. The number of carboxylic acid groups (broad SMARTS) is 1. The van der Waals surface area contributed by atoms with Crippen LogP contribution in [0, 0.1) is 0 Å². The van der Waals surface area contributed by atoms with Crippen molar-refractivity contribution < 1.29 is 24.2 Å². The number of carbonyl (C=O) groups is 3. The lowest BCUT2D eigenvalue weighted by Gasteiger charge is -2.38. The highest BCUT2D eigenvalue weighted by molar-refractivity contribution is 5.84. The molecule has 1 N–H and O–H groups in total. The Balaban J connectivity index is 1.68. The van der Waals surface area contributed by atoms with Crippen LogP contribution in [0.2, 0.25) is 0 Å². The number of aliphatic carboxylic acids is 1. The maximum atomic E-state index is 13.2. The number of hydrogen-bond acceptors (Lipinski definition) is 4. The molecule has 152 valence electrons. The van der Waals surface area contributed by atoms with E-state index in [-0.39, 0.29) is 37.6 Å². The van der Waals surface area contributed by atoms with Crippen LogP contribution in [0.4, 0.5) is 4.79 Å². The first-order valence-corrected chi connectivity index (χ1v) is 10.0. The average Bonchev–Trinajstić information content (AvgIpc) is 3.52. The lowest BCUT2D eigenvalue weighted by molar-refractivity contribution is -0.145. The number of carbonyl (C=O) groups excluding carboxylic acids is 2. The molecule has 7 nitrogen and oxygen atoms in total. The minimum Gasteiger partial charge on any atom is -0.480 e. The average molecular weight is 388 g/mol. The third-order valence-corrected chi connectivity index (χ3v) is 5.33. The van der Waals surface area contributed by atoms with Gasteiger partial charge in [0.15, 0.2) is 0 Å². The van der Waals surface area contributed by atoms with Crippen LogP contribution in [-0.2, 0) is 27.3 Å². The summed E-state index contributed by atoms with van der Waals surface area (Å²) in [5.74, 6) is -1.32. The number of ether oxygens (including phenoxy) is 1. The first-order valence-electron chi connectivity index (χ1n) is 10.0. The zero-order chi connectivity index (χ0) is 20.1. The van der Waals surface area contributed by atoms with Gasteiger partial charge in [-0.15, -0.1) is 0 Å². The van der Waals surface area contributed by atoms with E-state index in [0.717, 1.165) is 36.8 Å². The Hall–Kier alpha value is -2.57. The van der Waals surface area contributed by atoms with Crippen LogP contribution < -0.4 is 0 Å². The van der Waals surface area contributed by atoms with Crippen molar-refractivity contribution >= 4 is 18.0 Å². The molecule has 1 aromatic rings. The van der Waals surface area contributed by atoms with Crippen LogP contribution in [0.5, 0.6) is 0 Å². The van der Waals surface area contributed by atoms with E-state index in [9.17, 15) is 19.5 Å². The van der Waals surface area contributed by atoms with E-state index in [0.29, 0.717) is 13.0 Å². The molecule has 0 saturated heterocycles. The molecule has 0 unspecified atom stereocenters. The van der Waals surface area contributed by atoms with Gasteiger partial charge in [-0.05, 0) is 30.4 Å². The Labute approximate surface area is 165 Å². The lowest BCUT2D eigenvalue weighted by Crippen LogP contribution is -2.54. The number of benzene rings is 1. The summed E-state index contributed by atoms with van der Waals surface area (Å²) in [5, 5.41) is 9.67. The Morgan fingerprint density at radius 3 is 2.57 bits per heavy atom. The summed E-state index contributed by atoms with van der Waals surface area (Å²) in [6.07, 6.45) is 3.98. The molecule has 1 aliphatic carbocycles. The fourth-order valence-corrected chi connectivity index (χ4v) is 3.54. The van der Waals surface area contributed by atoms with Gasteiger partial charge in [0, 0.05) is 25.6 Å². The third kappa shape index (κ3) is 4.82. The second kappa shape index (κ2) is 9.08.